The van der Waals surface area contributed by atoms with Crippen LogP contribution in [0.4, 0.5) is 0 Å². The van der Waals surface area contributed by atoms with Crippen LogP contribution in [0, 0.1) is 34.5 Å². The lowest BCUT2D eigenvalue weighted by Gasteiger charge is -2.57. The van der Waals surface area contributed by atoms with Crippen LogP contribution >= 0.6 is 0 Å². The molecule has 182 valence electrons. The lowest BCUT2D eigenvalue weighted by atomic mass is 9.47. The van der Waals surface area contributed by atoms with Gasteiger partial charge in [-0.05, 0) is 109 Å². The number of ether oxygens (including phenoxy) is 1. The molecule has 2 saturated carbocycles. The van der Waals surface area contributed by atoms with Gasteiger partial charge in [0.25, 0.3) is 0 Å². The number of carboxylic acid groups (broad SMARTS) is 1. The van der Waals surface area contributed by atoms with Crippen molar-refractivity contribution in [1.29, 1.82) is 0 Å². The second kappa shape index (κ2) is 8.70. The van der Waals surface area contributed by atoms with Crippen LogP contribution in [-0.2, 0) is 16.0 Å². The number of aryl methyl sites for hydroxylation is 1. The molecule has 34 heavy (non-hydrogen) atoms. The minimum atomic E-state index is -0.770. The average Bonchev–Trinajstić information content (AvgIpc) is 3.19. The van der Waals surface area contributed by atoms with Gasteiger partial charge < -0.3 is 9.84 Å². The number of Topliss-reactive ketones (excluding diaryl/α,β-unsaturated/α-hetero) is 1. The van der Waals surface area contributed by atoms with Crippen molar-refractivity contribution in [3.8, 4) is 5.75 Å². The van der Waals surface area contributed by atoms with Crippen LogP contribution in [-0.4, -0.2) is 24.0 Å². The smallest absolute Gasteiger partial charge is 0.331 e. The summed E-state index contributed by atoms with van der Waals surface area (Å²) in [4.78, 5) is 25.0. The highest BCUT2D eigenvalue weighted by molar-refractivity contribution is 5.87. The van der Waals surface area contributed by atoms with E-state index in [1.165, 1.54) is 11.1 Å². The molecule has 4 aliphatic rings. The van der Waals surface area contributed by atoms with E-state index < -0.39 is 5.97 Å². The van der Waals surface area contributed by atoms with E-state index in [9.17, 15) is 14.7 Å². The van der Waals surface area contributed by atoms with Crippen molar-refractivity contribution in [3.63, 3.8) is 0 Å². The van der Waals surface area contributed by atoms with E-state index >= 15 is 0 Å². The highest BCUT2D eigenvalue weighted by Crippen LogP contribution is 2.66. The maximum absolute atomic E-state index is 13.5. The third-order valence-corrected chi connectivity index (χ3v) is 10.3. The molecule has 4 aliphatic carbocycles. The van der Waals surface area contributed by atoms with E-state index in [0.29, 0.717) is 42.0 Å². The number of carboxylic acids is 1. The Balaban J connectivity index is 1.30. The van der Waals surface area contributed by atoms with Crippen LogP contribution in [0.3, 0.4) is 0 Å². The Kier molecular flexibility index (Phi) is 5.98. The molecule has 0 amide bonds. The van der Waals surface area contributed by atoms with Gasteiger partial charge in [0.2, 0.25) is 0 Å². The van der Waals surface area contributed by atoms with Crippen molar-refractivity contribution in [2.75, 3.05) is 7.11 Å². The lowest BCUT2D eigenvalue weighted by molar-refractivity contribution is -0.133. The van der Waals surface area contributed by atoms with Crippen molar-refractivity contribution in [1.82, 2.24) is 0 Å². The van der Waals surface area contributed by atoms with Gasteiger partial charge >= 0.3 is 5.97 Å². The van der Waals surface area contributed by atoms with Gasteiger partial charge in [0.15, 0.2) is 0 Å². The highest BCUT2D eigenvalue weighted by Gasteiger charge is 2.59. The van der Waals surface area contributed by atoms with Crippen LogP contribution < -0.4 is 4.74 Å². The number of methoxy groups -OCH3 is 1. The Bertz CT molecular complexity index is 1030. The van der Waals surface area contributed by atoms with E-state index in [1.807, 2.05) is 18.2 Å². The van der Waals surface area contributed by atoms with E-state index in [0.717, 1.165) is 50.7 Å². The van der Waals surface area contributed by atoms with Gasteiger partial charge in [-0.15, -0.1) is 0 Å². The first-order valence-electron chi connectivity index (χ1n) is 13.1. The first-order chi connectivity index (χ1) is 16.3. The summed E-state index contributed by atoms with van der Waals surface area (Å²) in [5.41, 5.74) is 3.20. The van der Waals surface area contributed by atoms with Crippen LogP contribution in [0.1, 0.15) is 70.8 Å². The third kappa shape index (κ3) is 3.74. The van der Waals surface area contributed by atoms with Crippen LogP contribution in [0.15, 0.2) is 47.6 Å². The van der Waals surface area contributed by atoms with Crippen molar-refractivity contribution in [2.45, 2.75) is 71.6 Å². The molecule has 0 radical (unpaired) electrons. The van der Waals surface area contributed by atoms with Gasteiger partial charge in [0.1, 0.15) is 11.5 Å². The van der Waals surface area contributed by atoms with Crippen molar-refractivity contribution < 1.29 is 19.4 Å². The van der Waals surface area contributed by atoms with Crippen LogP contribution in [0.5, 0.6) is 5.75 Å². The minimum absolute atomic E-state index is 0.0830. The van der Waals surface area contributed by atoms with Gasteiger partial charge in [0, 0.05) is 17.9 Å². The normalized spacial score (nSPS) is 36.4. The van der Waals surface area contributed by atoms with Crippen LogP contribution in [0.2, 0.25) is 0 Å². The maximum atomic E-state index is 13.5. The molecule has 4 nitrogen and oxygen atoms in total. The van der Waals surface area contributed by atoms with Gasteiger partial charge in [-0.3, -0.25) is 4.79 Å². The summed E-state index contributed by atoms with van der Waals surface area (Å²) in [6, 6.07) is 8.08. The number of hydrogen-bond acceptors (Lipinski definition) is 3. The fraction of sp³-hybridized carbons (Fsp3) is 0.600. The van der Waals surface area contributed by atoms with Crippen LogP contribution in [0.25, 0.3) is 0 Å². The lowest BCUT2D eigenvalue weighted by Crippen LogP contribution is -2.50. The number of fused-ring (bicyclic) bond motifs is 5. The SMILES string of the molecule is COc1ccc(CCC(=O)[C@H]2CC[C@H]3[C@@H]4CC=C5C=C(C(=O)O)CC[C@]5(C)[C@H]4CC[C@]23C)cc1. The van der Waals surface area contributed by atoms with Crippen molar-refractivity contribution in [2.24, 2.45) is 34.5 Å². The standard InChI is InChI=1S/C30H38O4/c1-29-16-14-20(28(32)33)18-21(29)7-10-23-24-11-12-26(30(24,2)17-15-25(23)29)27(31)13-6-19-4-8-22(34-3)9-5-19/h4-5,7-9,18,23-26H,6,10-17H2,1-3H3,(H,32,33)/t23-,24-,25-,26+,29-,30-/m0/s1. The van der Waals surface area contributed by atoms with Gasteiger partial charge in [-0.2, -0.15) is 0 Å². The van der Waals surface area contributed by atoms with Gasteiger partial charge in [-0.25, -0.2) is 4.79 Å². The first-order valence-corrected chi connectivity index (χ1v) is 13.1. The molecule has 2 fully saturated rings. The summed E-state index contributed by atoms with van der Waals surface area (Å²) in [7, 11) is 1.67. The summed E-state index contributed by atoms with van der Waals surface area (Å²) in [6.07, 6.45) is 12.8. The molecule has 0 saturated heterocycles. The number of carbonyl (C=O) groups is 2. The predicted octanol–water partition coefficient (Wildman–Crippen LogP) is 6.40. The first kappa shape index (κ1) is 23.4. The molecule has 0 bridgehead atoms. The second-order valence-corrected chi connectivity index (χ2v) is 11.7. The quantitative estimate of drug-likeness (QED) is 0.531. The number of benzene rings is 1. The molecule has 0 unspecified atom stereocenters. The maximum Gasteiger partial charge on any atom is 0.331 e. The molecule has 0 heterocycles. The van der Waals surface area contributed by atoms with Gasteiger partial charge in [-0.1, -0.05) is 32.1 Å². The summed E-state index contributed by atoms with van der Waals surface area (Å²) in [5.74, 6) is 2.53. The second-order valence-electron chi connectivity index (χ2n) is 11.7. The fourth-order valence-electron chi connectivity index (χ4n) is 8.26. The topological polar surface area (TPSA) is 63.6 Å². The Hall–Kier alpha value is -2.36. The molecule has 1 aromatic carbocycles. The van der Waals surface area contributed by atoms with Crippen molar-refractivity contribution >= 4 is 11.8 Å². The monoisotopic (exact) mass is 462 g/mol. The number of aliphatic carboxylic acids is 1. The van der Waals surface area contributed by atoms with E-state index in [1.54, 1.807) is 7.11 Å². The molecule has 6 atom stereocenters. The Morgan fingerprint density at radius 1 is 1.06 bits per heavy atom. The number of ketones is 1. The zero-order chi connectivity index (χ0) is 24.1. The minimum Gasteiger partial charge on any atom is -0.497 e. The predicted molar refractivity (Wildman–Crippen MR) is 133 cm³/mol. The Morgan fingerprint density at radius 2 is 1.82 bits per heavy atom. The van der Waals surface area contributed by atoms with E-state index in [-0.39, 0.29) is 16.7 Å². The number of hydrogen-bond donors (Lipinski definition) is 1. The van der Waals surface area contributed by atoms with Crippen molar-refractivity contribution in [3.05, 3.63) is 53.1 Å². The summed E-state index contributed by atoms with van der Waals surface area (Å²) >= 11 is 0. The molecule has 0 spiro atoms. The molecule has 1 N–H and O–H groups in total. The van der Waals surface area contributed by atoms with E-state index in [4.69, 9.17) is 4.74 Å². The number of carbonyl (C=O) groups excluding carboxylic acids is 1. The largest absolute Gasteiger partial charge is 0.497 e. The Labute approximate surface area is 203 Å². The highest BCUT2D eigenvalue weighted by atomic mass is 16.5. The molecule has 0 aliphatic heterocycles. The molecular weight excluding hydrogens is 424 g/mol. The van der Waals surface area contributed by atoms with E-state index in [2.05, 4.69) is 32.1 Å². The molecule has 4 heteroatoms. The van der Waals surface area contributed by atoms with Gasteiger partial charge in [0.05, 0.1) is 7.11 Å². The number of allylic oxidation sites excluding steroid dienone is 3. The molecular formula is C30H38O4. The molecule has 5 rings (SSSR count). The summed E-state index contributed by atoms with van der Waals surface area (Å²) in [6.45, 7) is 4.78. The average molecular weight is 463 g/mol. The summed E-state index contributed by atoms with van der Waals surface area (Å²) < 4.78 is 5.25. The summed E-state index contributed by atoms with van der Waals surface area (Å²) in [5, 5.41) is 9.49. The fourth-order valence-corrected chi connectivity index (χ4v) is 8.26. The zero-order valence-electron chi connectivity index (χ0n) is 20.8. The molecule has 1 aromatic rings. The third-order valence-electron chi connectivity index (χ3n) is 10.3. The number of rotatable bonds is 6. The zero-order valence-corrected chi connectivity index (χ0v) is 20.8. The molecule has 0 aromatic heterocycles. The Morgan fingerprint density at radius 3 is 2.53 bits per heavy atom.